The van der Waals surface area contributed by atoms with Crippen LogP contribution in [0.4, 0.5) is 0 Å². The van der Waals surface area contributed by atoms with E-state index in [0.29, 0.717) is 114 Å². The maximum Gasteiger partial charge on any atom is 0.0689 e. The van der Waals surface area contributed by atoms with E-state index in [1.165, 1.54) is 103 Å². The van der Waals surface area contributed by atoms with E-state index in [1.54, 1.807) is 0 Å². The number of rotatable bonds is 16. The zero-order valence-electron chi connectivity index (χ0n) is 99.8. The Balaban J connectivity index is 0.000000732. The lowest BCUT2D eigenvalue weighted by molar-refractivity contribution is -0.274. The number of hydrogen-bond donors (Lipinski definition) is 0. The molecule has 8 saturated carbocycles. The summed E-state index contributed by atoms with van der Waals surface area (Å²) in [5.74, 6) is 6.55. The summed E-state index contributed by atoms with van der Waals surface area (Å²) >= 11 is 0. The predicted molar refractivity (Wildman–Crippen MR) is 565 cm³/mol. The van der Waals surface area contributed by atoms with Crippen molar-refractivity contribution in [3.63, 3.8) is 0 Å². The molecule has 0 bridgehead atoms. The van der Waals surface area contributed by atoms with E-state index in [0.717, 1.165) is 47.3 Å². The smallest absolute Gasteiger partial charge is 0.0689 e. The van der Waals surface area contributed by atoms with Crippen molar-refractivity contribution in [2.24, 2.45) is 134 Å². The van der Waals surface area contributed by atoms with Gasteiger partial charge in [0.2, 0.25) is 0 Å². The molecule has 0 spiro atoms. The summed E-state index contributed by atoms with van der Waals surface area (Å²) in [6, 6.07) is 0. The molecule has 8 aliphatic carbocycles. The standard InChI is InChI=1S/2C17H34O.4C15H30O.2C13H26O/c2*1-14(2,3)11-12-16(7,8)13(17(12,9)10)18-15(4,5)6;4*1-13(2,3)10-11-9-12(15(11,7)8)16-14(4,5)6;2*1-12(2,3)9-10-7-11(8-10)14-13(4,5)6/h2*12-13H,11H2,1-10H3;4*11-12H,9-10H2,1-8H3;2*10-11H,7-9H2,1-6H3/t;;2*11-,12+;2*11-,12-;;/m..1010../s1. The molecule has 0 N–H and O–H groups in total. The Bertz CT molecular complexity index is 2650. The van der Waals surface area contributed by atoms with Crippen LogP contribution >= 0.6 is 0 Å². The first kappa shape index (κ1) is 126. The molecule has 8 aliphatic rings. The fourth-order valence-electron chi connectivity index (χ4n) is 23.3. The van der Waals surface area contributed by atoms with Crippen molar-refractivity contribution < 1.29 is 37.9 Å². The Morgan fingerprint density at radius 1 is 0.164 bits per heavy atom. The first-order valence-corrected chi connectivity index (χ1v) is 52.8. The molecule has 0 heterocycles. The Labute approximate surface area is 806 Å². The lowest BCUT2D eigenvalue weighted by Crippen LogP contribution is -2.66. The van der Waals surface area contributed by atoms with Crippen LogP contribution in [0.3, 0.4) is 0 Å². The Morgan fingerprint density at radius 2 is 0.305 bits per heavy atom. The monoisotopic (exact) mass is 1810 g/mol. The van der Waals surface area contributed by atoms with Gasteiger partial charge in [-0.15, -0.1) is 0 Å². The van der Waals surface area contributed by atoms with E-state index in [-0.39, 0.29) is 66.5 Å². The maximum atomic E-state index is 6.35. The largest absolute Gasteiger partial charge is 0.373 e. The van der Waals surface area contributed by atoms with Crippen LogP contribution in [0.1, 0.15) is 546 Å². The summed E-state index contributed by atoms with van der Waals surface area (Å²) in [5, 5.41) is 0. The topological polar surface area (TPSA) is 73.8 Å². The van der Waals surface area contributed by atoms with Gasteiger partial charge in [-0.1, -0.05) is 277 Å². The molecule has 0 aromatic rings. The molecule has 0 unspecified atom stereocenters. The molecule has 0 saturated heterocycles. The lowest BCUT2D eigenvalue weighted by atomic mass is 9.43. The summed E-state index contributed by atoms with van der Waals surface area (Å²) in [4.78, 5) is 0. The van der Waals surface area contributed by atoms with Gasteiger partial charge in [0.15, 0.2) is 0 Å². The van der Waals surface area contributed by atoms with Gasteiger partial charge < -0.3 is 37.9 Å². The summed E-state index contributed by atoms with van der Waals surface area (Å²) in [5.41, 5.74) is 5.99. The van der Waals surface area contributed by atoms with Crippen molar-refractivity contribution in [2.45, 2.75) is 639 Å². The van der Waals surface area contributed by atoms with Gasteiger partial charge in [0.25, 0.3) is 0 Å². The lowest BCUT2D eigenvalue weighted by Gasteiger charge is -2.66. The second-order valence-corrected chi connectivity index (χ2v) is 66.0. The highest BCUT2D eigenvalue weighted by Gasteiger charge is 2.65. The van der Waals surface area contributed by atoms with Gasteiger partial charge in [0, 0.05) is 0 Å². The highest BCUT2D eigenvalue weighted by atomic mass is 16.5. The predicted octanol–water partition coefficient (Wildman–Crippen LogP) is 37.2. The van der Waals surface area contributed by atoms with Crippen molar-refractivity contribution in [2.75, 3.05) is 0 Å². The van der Waals surface area contributed by atoms with Crippen LogP contribution < -0.4 is 0 Å². The molecule has 8 atom stereocenters. The third-order valence-corrected chi connectivity index (χ3v) is 29.0. The minimum atomic E-state index is -0.0497. The normalized spacial score (nSPS) is 30.0. The molecule has 768 valence electrons. The molecule has 8 nitrogen and oxygen atoms in total. The molecular formula is C120H240O8. The Morgan fingerprint density at radius 3 is 0.422 bits per heavy atom. The van der Waals surface area contributed by atoms with Crippen LogP contribution in [0, 0.1) is 134 Å². The van der Waals surface area contributed by atoms with E-state index >= 15 is 0 Å². The van der Waals surface area contributed by atoms with Crippen LogP contribution in [-0.2, 0) is 37.9 Å². The molecule has 0 amide bonds. The van der Waals surface area contributed by atoms with Crippen LogP contribution in [0.25, 0.3) is 0 Å². The van der Waals surface area contributed by atoms with Gasteiger partial charge >= 0.3 is 0 Å². The van der Waals surface area contributed by atoms with E-state index in [9.17, 15) is 0 Å². The maximum absolute atomic E-state index is 6.35. The van der Waals surface area contributed by atoms with E-state index in [4.69, 9.17) is 37.9 Å². The second-order valence-electron chi connectivity index (χ2n) is 66.0. The zero-order chi connectivity index (χ0) is 102. The van der Waals surface area contributed by atoms with Gasteiger partial charge in [-0.2, -0.15) is 0 Å². The summed E-state index contributed by atoms with van der Waals surface area (Å²) in [6.45, 7) is 146. The molecule has 8 rings (SSSR count). The van der Waals surface area contributed by atoms with Crippen LogP contribution in [0.2, 0.25) is 0 Å². The van der Waals surface area contributed by atoms with E-state index < -0.39 is 0 Å². The first-order valence-electron chi connectivity index (χ1n) is 52.8. The number of hydrogen-bond acceptors (Lipinski definition) is 8. The van der Waals surface area contributed by atoms with Gasteiger partial charge in [-0.3, -0.25) is 0 Å². The zero-order valence-corrected chi connectivity index (χ0v) is 99.8. The SMILES string of the molecule is CC(C)(C)CC1C(C)(C)C(OC(C)(C)C)C1(C)C.CC(C)(C)CC1C(C)(C)C(OC(C)(C)C)C1(C)C.CC(C)(C)CC1CC(OC(C)(C)C)C1.CC(C)(C)CC1CC(OC(C)(C)C)C1.CC(C)(C)C[C@@H]1C[C@@H](OC(C)(C)C)C1(C)C.CC(C)(C)C[C@@H]1C[C@H](OC(C)(C)C)C1(C)C.CC(C)(C)C[C@H]1C[C@@H](OC(C)(C)C)C1(C)C.CC(C)(C)C[C@H]1C[C@H](OC(C)(C)C)C1(C)C. The Hall–Kier alpha value is -0.320. The average molecular weight is 1810 g/mol. The molecular weight excluding hydrogens is 1570 g/mol. The number of ether oxygens (including phenoxy) is 8. The summed E-state index contributed by atoms with van der Waals surface area (Å²) in [6.07, 6.45) is 24.1. The van der Waals surface area contributed by atoms with E-state index in [1.807, 2.05) is 0 Å². The molecule has 0 radical (unpaired) electrons. The van der Waals surface area contributed by atoms with Gasteiger partial charge in [0.1, 0.15) is 0 Å². The highest BCUT2D eigenvalue weighted by molar-refractivity contribution is 5.14. The third kappa shape index (κ3) is 45.3. The molecule has 0 aromatic heterocycles. The fourth-order valence-corrected chi connectivity index (χ4v) is 23.3. The molecule has 8 fully saturated rings. The minimum Gasteiger partial charge on any atom is -0.373 e. The van der Waals surface area contributed by atoms with Crippen LogP contribution in [0.5, 0.6) is 0 Å². The van der Waals surface area contributed by atoms with Crippen molar-refractivity contribution in [3.8, 4) is 0 Å². The molecule has 0 aromatic carbocycles. The van der Waals surface area contributed by atoms with Gasteiger partial charge in [-0.05, 0) is 403 Å². The van der Waals surface area contributed by atoms with E-state index in [2.05, 4.69) is 443 Å². The van der Waals surface area contributed by atoms with Crippen molar-refractivity contribution in [1.29, 1.82) is 0 Å². The minimum absolute atomic E-state index is 0.00532. The summed E-state index contributed by atoms with van der Waals surface area (Å²) in [7, 11) is 0. The molecule has 8 heteroatoms. The highest BCUT2D eigenvalue weighted by Crippen LogP contribution is 2.66. The first-order chi connectivity index (χ1) is 55.3. The van der Waals surface area contributed by atoms with Crippen molar-refractivity contribution >= 4 is 0 Å². The fraction of sp³-hybridized carbons (Fsp3) is 1.00. The summed E-state index contributed by atoms with van der Waals surface area (Å²) < 4.78 is 49.1. The van der Waals surface area contributed by atoms with Crippen LogP contribution in [-0.4, -0.2) is 93.6 Å². The third-order valence-electron chi connectivity index (χ3n) is 29.0. The van der Waals surface area contributed by atoms with Crippen LogP contribution in [0.15, 0.2) is 0 Å². The van der Waals surface area contributed by atoms with Crippen molar-refractivity contribution in [3.05, 3.63) is 0 Å². The molecule has 128 heavy (non-hydrogen) atoms. The quantitative estimate of drug-likeness (QED) is 0.151. The molecule has 0 aliphatic heterocycles. The van der Waals surface area contributed by atoms with Crippen molar-refractivity contribution in [1.82, 2.24) is 0 Å². The average Bonchev–Trinajstić information content (AvgIpc) is 0.705. The van der Waals surface area contributed by atoms with Gasteiger partial charge in [0.05, 0.1) is 93.6 Å². The second kappa shape index (κ2) is 43.0. The Kier molecular flexibility index (Phi) is 42.2. The van der Waals surface area contributed by atoms with Gasteiger partial charge in [-0.25, -0.2) is 0 Å².